The molecule has 4 aliphatic rings. The van der Waals surface area contributed by atoms with Gasteiger partial charge in [0.1, 0.15) is 6.61 Å². The van der Waals surface area contributed by atoms with E-state index in [-0.39, 0.29) is 12.4 Å². The summed E-state index contributed by atoms with van der Waals surface area (Å²) < 4.78 is 11.8. The zero-order valence-electron chi connectivity index (χ0n) is 18.1. The quantitative estimate of drug-likeness (QED) is 0.504. The second-order valence-electron chi connectivity index (χ2n) is 9.70. The molecule has 1 aromatic carbocycles. The number of para-hydroxylation sites is 1. The number of hydrogen-bond acceptors (Lipinski definition) is 4. The molecule has 6 rings (SSSR count). The maximum absolute atomic E-state index is 6.23. The first kappa shape index (κ1) is 22.0. The second kappa shape index (κ2) is 9.10. The molecule has 4 aliphatic carbocycles. The standard InChI is InChI=1S/C25H33NO2S.ClH/c1-17(25-12-18-9-19(13-25)11-20(10-18)14-25)26-15-21-5-3-7-23(27-2)24(21)28-16-22-6-4-8-29-22;/h3-8,17-20,26H,9-16H2,1-2H3;1H. The van der Waals surface area contributed by atoms with Crippen LogP contribution in [-0.2, 0) is 13.2 Å². The minimum atomic E-state index is 0. The Hall–Kier alpha value is -1.23. The summed E-state index contributed by atoms with van der Waals surface area (Å²) in [5, 5.41) is 6.00. The predicted molar refractivity (Wildman–Crippen MR) is 126 cm³/mol. The summed E-state index contributed by atoms with van der Waals surface area (Å²) in [7, 11) is 1.72. The molecule has 164 valence electrons. The number of hydrogen-bond donors (Lipinski definition) is 1. The molecule has 4 saturated carbocycles. The number of benzene rings is 1. The molecule has 1 unspecified atom stereocenters. The Labute approximate surface area is 191 Å². The smallest absolute Gasteiger partial charge is 0.166 e. The highest BCUT2D eigenvalue weighted by Gasteiger charge is 2.52. The van der Waals surface area contributed by atoms with Crippen LogP contribution in [0.15, 0.2) is 35.7 Å². The largest absolute Gasteiger partial charge is 0.493 e. The summed E-state index contributed by atoms with van der Waals surface area (Å²) in [4.78, 5) is 1.23. The van der Waals surface area contributed by atoms with Crippen molar-refractivity contribution in [3.8, 4) is 11.5 Å². The lowest BCUT2D eigenvalue weighted by molar-refractivity contribution is -0.0706. The molecule has 30 heavy (non-hydrogen) atoms. The number of nitrogens with one attached hydrogen (secondary N) is 1. The van der Waals surface area contributed by atoms with Crippen LogP contribution in [0.3, 0.4) is 0 Å². The Morgan fingerprint density at radius 1 is 1.07 bits per heavy atom. The van der Waals surface area contributed by atoms with Gasteiger partial charge in [0.25, 0.3) is 0 Å². The zero-order valence-corrected chi connectivity index (χ0v) is 19.7. The summed E-state index contributed by atoms with van der Waals surface area (Å²) in [6.45, 7) is 3.86. The SMILES string of the molecule is COc1cccc(CNC(C)C23CC4CC(CC(C4)C2)C3)c1OCc1cccs1.Cl. The maximum Gasteiger partial charge on any atom is 0.166 e. The summed E-state index contributed by atoms with van der Waals surface area (Å²) >= 11 is 1.73. The van der Waals surface area contributed by atoms with Crippen LogP contribution in [0.4, 0.5) is 0 Å². The normalized spacial score (nSPS) is 30.0. The Morgan fingerprint density at radius 2 is 1.77 bits per heavy atom. The van der Waals surface area contributed by atoms with Crippen molar-refractivity contribution in [2.45, 2.75) is 64.6 Å². The molecule has 1 atom stereocenters. The van der Waals surface area contributed by atoms with Gasteiger partial charge in [0.15, 0.2) is 11.5 Å². The van der Waals surface area contributed by atoms with Crippen molar-refractivity contribution in [3.05, 3.63) is 46.2 Å². The van der Waals surface area contributed by atoms with E-state index in [4.69, 9.17) is 9.47 Å². The average Bonchev–Trinajstić information content (AvgIpc) is 3.23. The van der Waals surface area contributed by atoms with E-state index in [1.165, 1.54) is 49.0 Å². The van der Waals surface area contributed by atoms with Crippen molar-refractivity contribution >= 4 is 23.7 Å². The van der Waals surface area contributed by atoms with Gasteiger partial charge in [-0.25, -0.2) is 0 Å². The molecule has 1 heterocycles. The number of ether oxygens (including phenoxy) is 2. The second-order valence-corrected chi connectivity index (χ2v) is 10.7. The Balaban J connectivity index is 0.00000218. The molecule has 1 N–H and O–H groups in total. The fourth-order valence-electron chi connectivity index (χ4n) is 6.75. The van der Waals surface area contributed by atoms with Crippen molar-refractivity contribution in [1.82, 2.24) is 5.32 Å². The molecule has 3 nitrogen and oxygen atoms in total. The van der Waals surface area contributed by atoms with Gasteiger partial charge in [-0.15, -0.1) is 23.7 Å². The average molecular weight is 448 g/mol. The van der Waals surface area contributed by atoms with Crippen molar-refractivity contribution in [1.29, 1.82) is 0 Å². The number of methoxy groups -OCH3 is 1. The first-order valence-electron chi connectivity index (χ1n) is 11.2. The molecule has 2 aromatic rings. The van der Waals surface area contributed by atoms with Gasteiger partial charge in [0.05, 0.1) is 7.11 Å². The van der Waals surface area contributed by atoms with E-state index in [0.717, 1.165) is 35.8 Å². The van der Waals surface area contributed by atoms with Gasteiger partial charge in [-0.05, 0) is 86.1 Å². The molecular formula is C25H34ClNO2S. The topological polar surface area (TPSA) is 30.5 Å². The first-order valence-corrected chi connectivity index (χ1v) is 12.1. The van der Waals surface area contributed by atoms with Crippen LogP contribution < -0.4 is 14.8 Å². The van der Waals surface area contributed by atoms with Crippen LogP contribution in [0.2, 0.25) is 0 Å². The number of halogens is 1. The fourth-order valence-corrected chi connectivity index (χ4v) is 7.37. The molecule has 0 spiro atoms. The molecule has 0 saturated heterocycles. The van der Waals surface area contributed by atoms with Crippen LogP contribution in [0.25, 0.3) is 0 Å². The van der Waals surface area contributed by atoms with Crippen LogP contribution in [0.1, 0.15) is 55.9 Å². The van der Waals surface area contributed by atoms with E-state index < -0.39 is 0 Å². The van der Waals surface area contributed by atoms with Gasteiger partial charge < -0.3 is 14.8 Å². The van der Waals surface area contributed by atoms with Crippen LogP contribution >= 0.6 is 23.7 Å². The first-order chi connectivity index (χ1) is 14.1. The molecule has 0 radical (unpaired) electrons. The predicted octanol–water partition coefficient (Wildman–Crippen LogP) is 6.45. The summed E-state index contributed by atoms with van der Waals surface area (Å²) in [5.74, 6) is 4.68. The van der Waals surface area contributed by atoms with Crippen molar-refractivity contribution in [2.75, 3.05) is 7.11 Å². The van der Waals surface area contributed by atoms with Gasteiger partial charge in [-0.3, -0.25) is 0 Å². The van der Waals surface area contributed by atoms with E-state index in [1.807, 2.05) is 6.07 Å². The number of rotatable bonds is 8. The molecule has 4 bridgehead atoms. The third-order valence-electron chi connectivity index (χ3n) is 7.82. The lowest BCUT2D eigenvalue weighted by Crippen LogP contribution is -2.54. The van der Waals surface area contributed by atoms with Gasteiger partial charge in [0.2, 0.25) is 0 Å². The van der Waals surface area contributed by atoms with E-state index in [9.17, 15) is 0 Å². The number of thiophene rings is 1. The highest BCUT2D eigenvalue weighted by Crippen LogP contribution is 2.61. The third kappa shape index (κ3) is 4.24. The van der Waals surface area contributed by atoms with E-state index in [2.05, 4.69) is 41.9 Å². The van der Waals surface area contributed by atoms with E-state index in [0.29, 0.717) is 18.1 Å². The molecule has 0 amide bonds. The summed E-state index contributed by atoms with van der Waals surface area (Å²) in [6, 6.07) is 11.0. The van der Waals surface area contributed by atoms with E-state index >= 15 is 0 Å². The molecule has 0 aliphatic heterocycles. The molecule has 5 heteroatoms. The third-order valence-corrected chi connectivity index (χ3v) is 8.67. The summed E-state index contributed by atoms with van der Waals surface area (Å²) in [6.07, 6.45) is 8.82. The molecule has 4 fully saturated rings. The van der Waals surface area contributed by atoms with Gasteiger partial charge in [-0.1, -0.05) is 18.2 Å². The summed E-state index contributed by atoms with van der Waals surface area (Å²) in [5.41, 5.74) is 1.71. The van der Waals surface area contributed by atoms with Crippen LogP contribution in [-0.4, -0.2) is 13.2 Å². The highest BCUT2D eigenvalue weighted by atomic mass is 35.5. The molecule has 1 aromatic heterocycles. The van der Waals surface area contributed by atoms with Crippen molar-refractivity contribution < 1.29 is 9.47 Å². The minimum absolute atomic E-state index is 0. The van der Waals surface area contributed by atoms with Crippen LogP contribution in [0.5, 0.6) is 11.5 Å². The monoisotopic (exact) mass is 447 g/mol. The van der Waals surface area contributed by atoms with Gasteiger partial charge in [-0.2, -0.15) is 0 Å². The zero-order chi connectivity index (χ0) is 19.8. The fraction of sp³-hybridized carbons (Fsp3) is 0.600. The molecular weight excluding hydrogens is 414 g/mol. The lowest BCUT2D eigenvalue weighted by atomic mass is 9.48. The van der Waals surface area contributed by atoms with E-state index in [1.54, 1.807) is 18.4 Å². The van der Waals surface area contributed by atoms with Gasteiger partial charge >= 0.3 is 0 Å². The maximum atomic E-state index is 6.23. The Morgan fingerprint density at radius 3 is 2.37 bits per heavy atom. The Bertz CT molecular complexity index is 802. The Kier molecular flexibility index (Phi) is 6.67. The minimum Gasteiger partial charge on any atom is -0.493 e. The lowest BCUT2D eigenvalue weighted by Gasteiger charge is -2.59. The van der Waals surface area contributed by atoms with Crippen molar-refractivity contribution in [2.24, 2.45) is 23.2 Å². The van der Waals surface area contributed by atoms with Gasteiger partial charge in [0, 0.05) is 23.0 Å². The highest BCUT2D eigenvalue weighted by molar-refractivity contribution is 7.09. The van der Waals surface area contributed by atoms with Crippen LogP contribution in [0, 0.1) is 23.2 Å². The van der Waals surface area contributed by atoms with Crippen molar-refractivity contribution in [3.63, 3.8) is 0 Å².